The van der Waals surface area contributed by atoms with Gasteiger partial charge in [0.1, 0.15) is 15.8 Å². The van der Waals surface area contributed by atoms with E-state index in [9.17, 15) is 0 Å². The molecule has 4 nitrogen and oxygen atoms in total. The van der Waals surface area contributed by atoms with Crippen molar-refractivity contribution in [2.75, 3.05) is 7.11 Å². The molecule has 1 aromatic carbocycles. The van der Waals surface area contributed by atoms with E-state index in [4.69, 9.17) is 16.3 Å². The molecule has 0 N–H and O–H groups in total. The quantitative estimate of drug-likeness (QED) is 0.820. The van der Waals surface area contributed by atoms with Crippen LogP contribution < -0.4 is 4.74 Å². The summed E-state index contributed by atoms with van der Waals surface area (Å²) in [6.07, 6.45) is 2.48. The normalized spacial score (nSPS) is 14.8. The molecule has 0 saturated heterocycles. The summed E-state index contributed by atoms with van der Waals surface area (Å²) in [5.74, 6) is 0.931. The lowest BCUT2D eigenvalue weighted by Gasteiger charge is -2.22. The second-order valence-electron chi connectivity index (χ2n) is 4.94. The standard InChI is InChI=1S/C14H16ClN3OS/c1-19-13-5-3-2-4-10(13)8-18(11-6-7-11)9-12-14(15)20-17-16-12/h2-5,11H,6-9H2,1H3. The fourth-order valence-corrected chi connectivity index (χ4v) is 2.90. The Morgan fingerprint density at radius 1 is 1.35 bits per heavy atom. The Bertz CT molecular complexity index is 585. The van der Waals surface area contributed by atoms with Crippen molar-refractivity contribution >= 4 is 23.1 Å². The van der Waals surface area contributed by atoms with Gasteiger partial charge in [-0.25, -0.2) is 0 Å². The molecule has 1 aromatic heterocycles. The molecule has 1 heterocycles. The molecule has 2 aromatic rings. The lowest BCUT2D eigenvalue weighted by molar-refractivity contribution is 0.239. The first kappa shape index (κ1) is 13.8. The Hall–Kier alpha value is -1.17. The summed E-state index contributed by atoms with van der Waals surface area (Å²) in [4.78, 5) is 2.40. The molecule has 1 fully saturated rings. The van der Waals surface area contributed by atoms with E-state index >= 15 is 0 Å². The molecular formula is C14H16ClN3OS. The number of nitrogens with zero attached hydrogens (tertiary/aromatic N) is 3. The van der Waals surface area contributed by atoms with E-state index in [2.05, 4.69) is 20.6 Å². The van der Waals surface area contributed by atoms with Gasteiger partial charge in [0.15, 0.2) is 0 Å². The van der Waals surface area contributed by atoms with E-state index < -0.39 is 0 Å². The van der Waals surface area contributed by atoms with Crippen molar-refractivity contribution in [1.29, 1.82) is 0 Å². The van der Waals surface area contributed by atoms with E-state index in [0.29, 0.717) is 10.4 Å². The Labute approximate surface area is 127 Å². The number of methoxy groups -OCH3 is 1. The fourth-order valence-electron chi connectivity index (χ4n) is 2.29. The average molecular weight is 310 g/mol. The van der Waals surface area contributed by atoms with Gasteiger partial charge in [-0.15, -0.1) is 5.10 Å². The van der Waals surface area contributed by atoms with Crippen LogP contribution in [0.5, 0.6) is 5.75 Å². The SMILES string of the molecule is COc1ccccc1CN(Cc1nnsc1Cl)C1CC1. The van der Waals surface area contributed by atoms with Crippen molar-refractivity contribution in [3.63, 3.8) is 0 Å². The van der Waals surface area contributed by atoms with Gasteiger partial charge in [0, 0.05) is 36.2 Å². The molecule has 0 atom stereocenters. The summed E-state index contributed by atoms with van der Waals surface area (Å²) in [7, 11) is 1.71. The Kier molecular flexibility index (Phi) is 4.19. The zero-order valence-corrected chi connectivity index (χ0v) is 12.8. The third-order valence-corrected chi connectivity index (χ3v) is 4.48. The van der Waals surface area contributed by atoms with Crippen LogP contribution in [0.3, 0.4) is 0 Å². The van der Waals surface area contributed by atoms with Gasteiger partial charge in [0.05, 0.1) is 7.11 Å². The summed E-state index contributed by atoms with van der Waals surface area (Å²) < 4.78 is 10.0. The Morgan fingerprint density at radius 3 is 2.80 bits per heavy atom. The summed E-state index contributed by atoms with van der Waals surface area (Å²) in [6.45, 7) is 1.60. The van der Waals surface area contributed by atoms with Gasteiger partial charge in [-0.2, -0.15) is 0 Å². The molecule has 0 aliphatic heterocycles. The van der Waals surface area contributed by atoms with E-state index in [1.807, 2.05) is 18.2 Å². The van der Waals surface area contributed by atoms with E-state index in [1.165, 1.54) is 29.9 Å². The second kappa shape index (κ2) is 6.08. The molecule has 0 radical (unpaired) electrons. The molecule has 106 valence electrons. The largest absolute Gasteiger partial charge is 0.496 e. The fraction of sp³-hybridized carbons (Fsp3) is 0.429. The van der Waals surface area contributed by atoms with Crippen molar-refractivity contribution in [1.82, 2.24) is 14.5 Å². The summed E-state index contributed by atoms with van der Waals surface area (Å²) in [5, 5.41) is 4.11. The van der Waals surface area contributed by atoms with Crippen molar-refractivity contribution in [2.24, 2.45) is 0 Å². The van der Waals surface area contributed by atoms with Gasteiger partial charge in [-0.3, -0.25) is 4.90 Å². The summed E-state index contributed by atoms with van der Waals surface area (Å²) in [5.41, 5.74) is 2.07. The number of rotatable bonds is 6. The van der Waals surface area contributed by atoms with Crippen LogP contribution in [0.1, 0.15) is 24.1 Å². The van der Waals surface area contributed by atoms with Crippen LogP contribution in [-0.2, 0) is 13.1 Å². The molecule has 0 bridgehead atoms. The zero-order valence-electron chi connectivity index (χ0n) is 11.3. The van der Waals surface area contributed by atoms with Gasteiger partial charge >= 0.3 is 0 Å². The third kappa shape index (κ3) is 3.11. The first-order valence-corrected chi connectivity index (χ1v) is 7.75. The lowest BCUT2D eigenvalue weighted by atomic mass is 10.2. The van der Waals surface area contributed by atoms with Gasteiger partial charge in [0.2, 0.25) is 0 Å². The number of para-hydroxylation sites is 1. The summed E-state index contributed by atoms with van der Waals surface area (Å²) in [6, 6.07) is 8.76. The summed E-state index contributed by atoms with van der Waals surface area (Å²) >= 11 is 7.36. The van der Waals surface area contributed by atoms with Crippen LogP contribution in [0.25, 0.3) is 0 Å². The maximum atomic E-state index is 6.11. The lowest BCUT2D eigenvalue weighted by Crippen LogP contribution is -2.25. The number of ether oxygens (including phenoxy) is 1. The van der Waals surface area contributed by atoms with Crippen LogP contribution in [-0.4, -0.2) is 27.6 Å². The van der Waals surface area contributed by atoms with Crippen molar-refractivity contribution in [3.8, 4) is 5.75 Å². The number of hydrogen-bond donors (Lipinski definition) is 0. The number of aromatic nitrogens is 2. The second-order valence-corrected chi connectivity index (χ2v) is 6.30. The highest BCUT2D eigenvalue weighted by Crippen LogP contribution is 2.32. The van der Waals surface area contributed by atoms with Crippen LogP contribution in [0.4, 0.5) is 0 Å². The predicted octanol–water partition coefficient (Wildman–Crippen LogP) is 3.36. The van der Waals surface area contributed by atoms with E-state index in [-0.39, 0.29) is 0 Å². The molecule has 0 unspecified atom stereocenters. The maximum Gasteiger partial charge on any atom is 0.138 e. The van der Waals surface area contributed by atoms with Gasteiger partial charge in [0.25, 0.3) is 0 Å². The minimum Gasteiger partial charge on any atom is -0.496 e. The maximum absolute atomic E-state index is 6.11. The van der Waals surface area contributed by atoms with Crippen molar-refractivity contribution < 1.29 is 4.74 Å². The minimum absolute atomic E-state index is 0.623. The van der Waals surface area contributed by atoms with Crippen LogP contribution in [0.2, 0.25) is 4.34 Å². The van der Waals surface area contributed by atoms with Gasteiger partial charge in [-0.1, -0.05) is 34.3 Å². The molecule has 6 heteroatoms. The molecular weight excluding hydrogens is 294 g/mol. The van der Waals surface area contributed by atoms with E-state index in [1.54, 1.807) is 7.11 Å². The Morgan fingerprint density at radius 2 is 2.15 bits per heavy atom. The first-order chi connectivity index (χ1) is 9.78. The molecule has 20 heavy (non-hydrogen) atoms. The highest BCUT2D eigenvalue weighted by Gasteiger charge is 2.30. The van der Waals surface area contributed by atoms with Gasteiger partial charge in [-0.05, 0) is 18.9 Å². The highest BCUT2D eigenvalue weighted by atomic mass is 35.5. The van der Waals surface area contributed by atoms with Crippen molar-refractivity contribution in [2.45, 2.75) is 32.0 Å². The zero-order chi connectivity index (χ0) is 13.9. The van der Waals surface area contributed by atoms with E-state index in [0.717, 1.165) is 24.5 Å². The molecule has 1 aliphatic rings. The van der Waals surface area contributed by atoms with Gasteiger partial charge < -0.3 is 4.74 Å². The monoisotopic (exact) mass is 309 g/mol. The van der Waals surface area contributed by atoms with Crippen molar-refractivity contribution in [3.05, 3.63) is 39.9 Å². The number of benzene rings is 1. The predicted molar refractivity (Wildman–Crippen MR) is 80.2 cm³/mol. The first-order valence-electron chi connectivity index (χ1n) is 6.60. The van der Waals surface area contributed by atoms with Crippen LogP contribution in [0.15, 0.2) is 24.3 Å². The molecule has 0 spiro atoms. The molecule has 1 aliphatic carbocycles. The molecule has 3 rings (SSSR count). The minimum atomic E-state index is 0.623. The smallest absolute Gasteiger partial charge is 0.138 e. The van der Waals surface area contributed by atoms with Crippen LogP contribution >= 0.6 is 23.1 Å². The Balaban J connectivity index is 1.76. The number of hydrogen-bond acceptors (Lipinski definition) is 5. The average Bonchev–Trinajstić information content (AvgIpc) is 3.24. The van der Waals surface area contributed by atoms with Crippen LogP contribution in [0, 0.1) is 0 Å². The number of halogens is 1. The third-order valence-electron chi connectivity index (χ3n) is 3.49. The highest BCUT2D eigenvalue weighted by molar-refractivity contribution is 7.10. The molecule has 1 saturated carbocycles. The molecule has 0 amide bonds. The topological polar surface area (TPSA) is 38.2 Å².